The van der Waals surface area contributed by atoms with Crippen molar-refractivity contribution in [2.75, 3.05) is 13.1 Å². The average molecular weight is 349 g/mol. The summed E-state index contributed by atoms with van der Waals surface area (Å²) in [6, 6.07) is 7.78. The minimum Gasteiger partial charge on any atom is -0.422 e. The van der Waals surface area contributed by atoms with Crippen molar-refractivity contribution in [1.29, 1.82) is 0 Å². The topological polar surface area (TPSA) is 62.6 Å². The van der Waals surface area contributed by atoms with E-state index in [1.165, 1.54) is 0 Å². The van der Waals surface area contributed by atoms with Crippen LogP contribution in [0, 0.1) is 6.92 Å². The van der Waals surface area contributed by atoms with Crippen molar-refractivity contribution in [3.63, 3.8) is 0 Å². The molecule has 0 aliphatic carbocycles. The van der Waals surface area contributed by atoms with Crippen LogP contribution in [0.4, 0.5) is 0 Å². The first-order valence-electron chi connectivity index (χ1n) is 8.22. The molecule has 2 aromatic rings. The maximum atomic E-state index is 13.1. The zero-order valence-corrected chi connectivity index (χ0v) is 14.4. The summed E-state index contributed by atoms with van der Waals surface area (Å²) in [6.45, 7) is 3.57. The maximum absolute atomic E-state index is 13.1. The number of aryl methyl sites for hydroxylation is 1. The van der Waals surface area contributed by atoms with Crippen LogP contribution in [0.15, 0.2) is 33.5 Å². The van der Waals surface area contributed by atoms with E-state index in [-0.39, 0.29) is 36.0 Å². The molecule has 2 aliphatic heterocycles. The van der Waals surface area contributed by atoms with Crippen molar-refractivity contribution < 1.29 is 9.21 Å². The van der Waals surface area contributed by atoms with Crippen molar-refractivity contribution in [3.05, 3.63) is 45.8 Å². The highest BCUT2D eigenvalue weighted by Crippen LogP contribution is 2.30. The van der Waals surface area contributed by atoms with Gasteiger partial charge in [0.05, 0.1) is 0 Å². The van der Waals surface area contributed by atoms with Crippen LogP contribution in [0.2, 0.25) is 0 Å². The first-order chi connectivity index (χ1) is 11.2. The largest absolute Gasteiger partial charge is 0.422 e. The van der Waals surface area contributed by atoms with Crippen LogP contribution in [-0.4, -0.2) is 36.0 Å². The van der Waals surface area contributed by atoms with Gasteiger partial charge >= 0.3 is 5.63 Å². The van der Waals surface area contributed by atoms with Gasteiger partial charge in [-0.05, 0) is 44.4 Å². The number of hydrogen-bond donors (Lipinski definition) is 1. The lowest BCUT2D eigenvalue weighted by Crippen LogP contribution is -2.44. The number of amides is 1. The Labute approximate surface area is 146 Å². The molecule has 2 saturated heterocycles. The van der Waals surface area contributed by atoms with Crippen molar-refractivity contribution in [3.8, 4) is 0 Å². The van der Waals surface area contributed by atoms with Gasteiger partial charge in [0.15, 0.2) is 0 Å². The second-order valence-corrected chi connectivity index (χ2v) is 6.48. The fourth-order valence-electron chi connectivity index (χ4n) is 3.99. The smallest absolute Gasteiger partial charge is 0.349 e. The molecule has 2 atom stereocenters. The molecular formula is C18H21ClN2O3. The minimum absolute atomic E-state index is 0. The van der Waals surface area contributed by atoms with Gasteiger partial charge in [-0.3, -0.25) is 4.79 Å². The molecule has 1 amide bonds. The van der Waals surface area contributed by atoms with Gasteiger partial charge in [0.25, 0.3) is 5.91 Å². The molecule has 2 fully saturated rings. The average Bonchev–Trinajstić information content (AvgIpc) is 2.80. The van der Waals surface area contributed by atoms with Gasteiger partial charge < -0.3 is 14.6 Å². The molecule has 1 N–H and O–H groups in total. The summed E-state index contributed by atoms with van der Waals surface area (Å²) in [6.07, 6.45) is 2.97. The van der Waals surface area contributed by atoms with Crippen LogP contribution >= 0.6 is 12.4 Å². The van der Waals surface area contributed by atoms with Gasteiger partial charge in [-0.1, -0.05) is 18.2 Å². The second kappa shape index (κ2) is 6.57. The first kappa shape index (κ1) is 17.0. The molecule has 5 nitrogen and oxygen atoms in total. The van der Waals surface area contributed by atoms with Gasteiger partial charge in [-0.15, -0.1) is 12.4 Å². The number of para-hydroxylation sites is 1. The normalized spacial score (nSPS) is 23.0. The standard InChI is InChI=1S/C18H20N2O3.ClH/c1-11-14-4-2-3-5-15(14)23-18(22)16(11)17(21)20-12-6-7-13(20)10-19-9-8-12;/h2-5,12-13,19H,6-10H2,1H3;1H. The molecule has 2 unspecified atom stereocenters. The summed E-state index contributed by atoms with van der Waals surface area (Å²) in [7, 11) is 0. The molecule has 0 saturated carbocycles. The Morgan fingerprint density at radius 3 is 2.79 bits per heavy atom. The number of nitrogens with zero attached hydrogens (tertiary/aromatic N) is 1. The number of carbonyl (C=O) groups is 1. The predicted molar refractivity (Wildman–Crippen MR) is 94.9 cm³/mol. The van der Waals surface area contributed by atoms with Crippen LogP contribution in [0.5, 0.6) is 0 Å². The van der Waals surface area contributed by atoms with Crippen molar-refractivity contribution >= 4 is 29.3 Å². The third kappa shape index (κ3) is 2.62. The fourth-order valence-corrected chi connectivity index (χ4v) is 3.99. The fraction of sp³-hybridized carbons (Fsp3) is 0.444. The zero-order valence-electron chi connectivity index (χ0n) is 13.6. The SMILES string of the molecule is Cc1c(C(=O)N2C3CCNCC2CC3)c(=O)oc2ccccc12.Cl. The van der Waals surface area contributed by atoms with E-state index in [2.05, 4.69) is 5.32 Å². The van der Waals surface area contributed by atoms with E-state index < -0.39 is 5.63 Å². The Bertz CT molecular complexity index is 819. The molecule has 24 heavy (non-hydrogen) atoms. The molecule has 2 bridgehead atoms. The highest BCUT2D eigenvalue weighted by molar-refractivity contribution is 5.99. The monoisotopic (exact) mass is 348 g/mol. The van der Waals surface area contributed by atoms with Crippen LogP contribution in [0.1, 0.15) is 35.2 Å². The highest BCUT2D eigenvalue weighted by atomic mass is 35.5. The van der Waals surface area contributed by atoms with E-state index in [0.717, 1.165) is 43.3 Å². The molecule has 128 valence electrons. The molecule has 0 spiro atoms. The van der Waals surface area contributed by atoms with E-state index in [0.29, 0.717) is 5.58 Å². The van der Waals surface area contributed by atoms with E-state index in [9.17, 15) is 9.59 Å². The van der Waals surface area contributed by atoms with Gasteiger partial charge in [0.1, 0.15) is 11.1 Å². The molecule has 1 aromatic heterocycles. The first-order valence-corrected chi connectivity index (χ1v) is 8.22. The summed E-state index contributed by atoms with van der Waals surface area (Å²) in [5.74, 6) is -0.168. The number of fused-ring (bicyclic) bond motifs is 3. The van der Waals surface area contributed by atoms with Crippen LogP contribution in [-0.2, 0) is 0 Å². The third-order valence-corrected chi connectivity index (χ3v) is 5.18. The lowest BCUT2D eigenvalue weighted by Gasteiger charge is -2.28. The molecule has 0 radical (unpaired) electrons. The Hall–Kier alpha value is -1.85. The van der Waals surface area contributed by atoms with Gasteiger partial charge in [0, 0.05) is 24.0 Å². The number of halogens is 1. The van der Waals surface area contributed by atoms with Crippen LogP contribution in [0.3, 0.4) is 0 Å². The molecule has 3 heterocycles. The summed E-state index contributed by atoms with van der Waals surface area (Å²) in [5.41, 5.74) is 0.927. The number of nitrogens with one attached hydrogen (secondary N) is 1. The zero-order chi connectivity index (χ0) is 16.0. The number of rotatable bonds is 1. The maximum Gasteiger partial charge on any atom is 0.349 e. The Balaban J connectivity index is 0.00000169. The summed E-state index contributed by atoms with van der Waals surface area (Å²) in [4.78, 5) is 27.5. The van der Waals surface area contributed by atoms with E-state index in [1.807, 2.05) is 30.0 Å². The molecule has 1 aromatic carbocycles. The molecule has 6 heteroatoms. The third-order valence-electron chi connectivity index (χ3n) is 5.18. The predicted octanol–water partition coefficient (Wildman–Crippen LogP) is 2.49. The van der Waals surface area contributed by atoms with Crippen LogP contribution in [0.25, 0.3) is 11.0 Å². The van der Waals surface area contributed by atoms with Gasteiger partial charge in [-0.2, -0.15) is 0 Å². The Kier molecular flexibility index (Phi) is 4.65. The van der Waals surface area contributed by atoms with Gasteiger partial charge in [0.2, 0.25) is 0 Å². The van der Waals surface area contributed by atoms with E-state index >= 15 is 0 Å². The summed E-state index contributed by atoms with van der Waals surface area (Å²) in [5, 5.41) is 4.21. The number of hydrogen-bond acceptors (Lipinski definition) is 4. The molecule has 4 rings (SSSR count). The van der Waals surface area contributed by atoms with Crippen LogP contribution < -0.4 is 10.9 Å². The summed E-state index contributed by atoms with van der Waals surface area (Å²) >= 11 is 0. The lowest BCUT2D eigenvalue weighted by atomic mass is 10.0. The highest BCUT2D eigenvalue weighted by Gasteiger charge is 2.39. The second-order valence-electron chi connectivity index (χ2n) is 6.48. The Morgan fingerprint density at radius 1 is 1.21 bits per heavy atom. The van der Waals surface area contributed by atoms with Crippen molar-refractivity contribution in [2.24, 2.45) is 0 Å². The Morgan fingerprint density at radius 2 is 1.96 bits per heavy atom. The van der Waals surface area contributed by atoms with Crippen molar-refractivity contribution in [1.82, 2.24) is 10.2 Å². The van der Waals surface area contributed by atoms with Crippen molar-refractivity contribution in [2.45, 2.75) is 38.3 Å². The number of benzene rings is 1. The molecular weight excluding hydrogens is 328 g/mol. The van der Waals surface area contributed by atoms with E-state index in [1.54, 1.807) is 6.07 Å². The lowest BCUT2D eigenvalue weighted by molar-refractivity contribution is 0.0675. The minimum atomic E-state index is -0.525. The van der Waals surface area contributed by atoms with E-state index in [4.69, 9.17) is 4.42 Å². The quantitative estimate of drug-likeness (QED) is 0.804. The summed E-state index contributed by atoms with van der Waals surface area (Å²) < 4.78 is 5.39. The molecule has 2 aliphatic rings. The number of carbonyl (C=O) groups excluding carboxylic acids is 1. The van der Waals surface area contributed by atoms with Gasteiger partial charge in [-0.25, -0.2) is 4.79 Å².